The van der Waals surface area contributed by atoms with Gasteiger partial charge in [0.15, 0.2) is 0 Å². The van der Waals surface area contributed by atoms with Gasteiger partial charge in [0.2, 0.25) is 0 Å². The quantitative estimate of drug-likeness (QED) is 0.916. The monoisotopic (exact) mass is 314 g/mol. The minimum atomic E-state index is -0.277. The Labute approximate surface area is 136 Å². The molecule has 122 valence electrons. The lowest BCUT2D eigenvalue weighted by Gasteiger charge is -2.18. The highest BCUT2D eigenvalue weighted by atomic mass is 16.6. The maximum absolute atomic E-state index is 11.7. The van der Waals surface area contributed by atoms with Gasteiger partial charge in [-0.3, -0.25) is 9.58 Å². The third-order valence-electron chi connectivity index (χ3n) is 3.96. The summed E-state index contributed by atoms with van der Waals surface area (Å²) < 4.78 is 6.92. The van der Waals surface area contributed by atoms with Crippen LogP contribution in [0.15, 0.2) is 36.7 Å². The summed E-state index contributed by atoms with van der Waals surface area (Å²) in [7, 11) is 0. The standard InChI is InChI=1S/C17H22N4O2/c1-12(2)21-11-15(10-18-21)19-13(3)14-5-4-6-16(9-14)20-7-8-23-17(20)22/h4-6,9-13,19H,7-8H2,1-3H3. The van der Waals surface area contributed by atoms with E-state index in [0.717, 1.165) is 16.9 Å². The number of cyclic esters (lactones) is 1. The highest BCUT2D eigenvalue weighted by Crippen LogP contribution is 2.25. The molecule has 2 aromatic rings. The predicted octanol–water partition coefficient (Wildman–Crippen LogP) is 3.59. The number of anilines is 2. The Hall–Kier alpha value is -2.50. The third-order valence-corrected chi connectivity index (χ3v) is 3.96. The van der Waals surface area contributed by atoms with Crippen molar-refractivity contribution < 1.29 is 9.53 Å². The van der Waals surface area contributed by atoms with Crippen LogP contribution in [-0.4, -0.2) is 29.0 Å². The molecule has 0 aliphatic carbocycles. The van der Waals surface area contributed by atoms with Crippen LogP contribution < -0.4 is 10.2 Å². The molecule has 1 aromatic heterocycles. The number of nitrogens with one attached hydrogen (secondary N) is 1. The van der Waals surface area contributed by atoms with Crippen molar-refractivity contribution in [2.45, 2.75) is 32.9 Å². The summed E-state index contributed by atoms with van der Waals surface area (Å²) in [5.74, 6) is 0. The fourth-order valence-corrected chi connectivity index (χ4v) is 2.62. The Morgan fingerprint density at radius 2 is 2.13 bits per heavy atom. The van der Waals surface area contributed by atoms with E-state index in [0.29, 0.717) is 19.2 Å². The van der Waals surface area contributed by atoms with Crippen LogP contribution in [0.2, 0.25) is 0 Å². The summed E-state index contributed by atoms with van der Waals surface area (Å²) in [6.45, 7) is 7.34. The molecule has 0 bridgehead atoms. The van der Waals surface area contributed by atoms with Crippen molar-refractivity contribution in [2.24, 2.45) is 0 Å². The number of hydrogen-bond donors (Lipinski definition) is 1. The molecule has 1 saturated heterocycles. The molecule has 1 aliphatic rings. The topological polar surface area (TPSA) is 59.4 Å². The second-order valence-corrected chi connectivity index (χ2v) is 6.03. The average molecular weight is 314 g/mol. The van der Waals surface area contributed by atoms with Gasteiger partial charge in [-0.25, -0.2) is 4.79 Å². The second-order valence-electron chi connectivity index (χ2n) is 6.03. The summed E-state index contributed by atoms with van der Waals surface area (Å²) in [5.41, 5.74) is 2.97. The van der Waals surface area contributed by atoms with E-state index in [1.807, 2.05) is 35.3 Å². The predicted molar refractivity (Wildman–Crippen MR) is 89.8 cm³/mol. The zero-order chi connectivity index (χ0) is 16.4. The van der Waals surface area contributed by atoms with Crippen LogP contribution in [-0.2, 0) is 4.74 Å². The van der Waals surface area contributed by atoms with Crippen molar-refractivity contribution in [3.05, 3.63) is 42.2 Å². The molecule has 1 amide bonds. The van der Waals surface area contributed by atoms with Crippen molar-refractivity contribution in [1.29, 1.82) is 0 Å². The molecule has 23 heavy (non-hydrogen) atoms. The lowest BCUT2D eigenvalue weighted by Crippen LogP contribution is -2.23. The van der Waals surface area contributed by atoms with Gasteiger partial charge in [0.05, 0.1) is 18.4 Å². The molecule has 2 heterocycles. The zero-order valence-corrected chi connectivity index (χ0v) is 13.7. The SMILES string of the molecule is CC(Nc1cnn(C(C)C)c1)c1cccc(N2CCOC2=O)c1. The van der Waals surface area contributed by atoms with Gasteiger partial charge < -0.3 is 10.1 Å². The van der Waals surface area contributed by atoms with Crippen LogP contribution in [0.3, 0.4) is 0 Å². The molecule has 1 aromatic carbocycles. The van der Waals surface area contributed by atoms with E-state index in [-0.39, 0.29) is 12.1 Å². The lowest BCUT2D eigenvalue weighted by molar-refractivity contribution is 0.181. The van der Waals surface area contributed by atoms with Crippen molar-refractivity contribution in [3.63, 3.8) is 0 Å². The number of benzene rings is 1. The summed E-state index contributed by atoms with van der Waals surface area (Å²) in [6.07, 6.45) is 3.56. The number of hydrogen-bond acceptors (Lipinski definition) is 4. The van der Waals surface area contributed by atoms with Crippen molar-refractivity contribution in [2.75, 3.05) is 23.4 Å². The lowest BCUT2D eigenvalue weighted by atomic mass is 10.1. The van der Waals surface area contributed by atoms with Gasteiger partial charge in [0.1, 0.15) is 6.61 Å². The van der Waals surface area contributed by atoms with Gasteiger partial charge in [0.25, 0.3) is 0 Å². The molecule has 0 spiro atoms. The number of carbonyl (C=O) groups is 1. The Morgan fingerprint density at radius 1 is 1.30 bits per heavy atom. The molecule has 3 rings (SSSR count). The van der Waals surface area contributed by atoms with Crippen molar-refractivity contribution in [3.8, 4) is 0 Å². The van der Waals surface area contributed by atoms with Crippen LogP contribution in [0.1, 0.15) is 38.4 Å². The largest absolute Gasteiger partial charge is 0.447 e. The summed E-state index contributed by atoms with van der Waals surface area (Å²) in [6, 6.07) is 8.42. The van der Waals surface area contributed by atoms with Gasteiger partial charge in [-0.1, -0.05) is 12.1 Å². The third kappa shape index (κ3) is 3.31. The molecule has 1 unspecified atom stereocenters. The average Bonchev–Trinajstić information content (AvgIpc) is 3.16. The number of aromatic nitrogens is 2. The Balaban J connectivity index is 1.74. The molecular formula is C17H22N4O2. The Kier molecular flexibility index (Phi) is 4.23. The van der Waals surface area contributed by atoms with E-state index < -0.39 is 0 Å². The second kappa shape index (κ2) is 6.32. The molecule has 0 saturated carbocycles. The first-order valence-electron chi connectivity index (χ1n) is 7.89. The molecule has 1 aliphatic heterocycles. The molecule has 1 fully saturated rings. The maximum atomic E-state index is 11.7. The van der Waals surface area contributed by atoms with Gasteiger partial charge in [-0.05, 0) is 38.5 Å². The molecule has 1 atom stereocenters. The smallest absolute Gasteiger partial charge is 0.414 e. The number of ether oxygens (including phenoxy) is 1. The number of nitrogens with zero attached hydrogens (tertiary/aromatic N) is 3. The first kappa shape index (κ1) is 15.4. The first-order chi connectivity index (χ1) is 11.0. The molecular weight excluding hydrogens is 292 g/mol. The van der Waals surface area contributed by atoms with Crippen LogP contribution in [0, 0.1) is 0 Å². The van der Waals surface area contributed by atoms with E-state index in [4.69, 9.17) is 4.74 Å². The first-order valence-corrected chi connectivity index (χ1v) is 7.89. The molecule has 6 heteroatoms. The normalized spacial score (nSPS) is 15.8. The highest BCUT2D eigenvalue weighted by molar-refractivity contribution is 5.89. The van der Waals surface area contributed by atoms with Crippen LogP contribution >= 0.6 is 0 Å². The van der Waals surface area contributed by atoms with Crippen molar-refractivity contribution >= 4 is 17.5 Å². The van der Waals surface area contributed by atoms with E-state index >= 15 is 0 Å². The van der Waals surface area contributed by atoms with Gasteiger partial charge in [-0.2, -0.15) is 5.10 Å². The Bertz CT molecular complexity index is 695. The number of carbonyl (C=O) groups excluding carboxylic acids is 1. The fourth-order valence-electron chi connectivity index (χ4n) is 2.62. The van der Waals surface area contributed by atoms with Gasteiger partial charge >= 0.3 is 6.09 Å². The van der Waals surface area contributed by atoms with Gasteiger partial charge in [0, 0.05) is 24.0 Å². The van der Waals surface area contributed by atoms with Crippen LogP contribution in [0.5, 0.6) is 0 Å². The minimum absolute atomic E-state index is 0.110. The maximum Gasteiger partial charge on any atom is 0.414 e. The van der Waals surface area contributed by atoms with Crippen molar-refractivity contribution in [1.82, 2.24) is 9.78 Å². The summed E-state index contributed by atoms with van der Waals surface area (Å²) in [5, 5.41) is 7.78. The van der Waals surface area contributed by atoms with Crippen LogP contribution in [0.25, 0.3) is 0 Å². The number of rotatable bonds is 5. The zero-order valence-electron chi connectivity index (χ0n) is 13.7. The number of amides is 1. The van der Waals surface area contributed by atoms with E-state index in [1.54, 1.807) is 4.90 Å². The highest BCUT2D eigenvalue weighted by Gasteiger charge is 2.23. The minimum Gasteiger partial charge on any atom is -0.447 e. The van der Waals surface area contributed by atoms with E-state index in [2.05, 4.69) is 37.3 Å². The molecule has 0 radical (unpaired) electrons. The Morgan fingerprint density at radius 3 is 2.78 bits per heavy atom. The van der Waals surface area contributed by atoms with E-state index in [9.17, 15) is 4.79 Å². The fraction of sp³-hybridized carbons (Fsp3) is 0.412. The summed E-state index contributed by atoms with van der Waals surface area (Å²) >= 11 is 0. The van der Waals surface area contributed by atoms with E-state index in [1.165, 1.54) is 0 Å². The molecule has 6 nitrogen and oxygen atoms in total. The molecule has 1 N–H and O–H groups in total. The van der Waals surface area contributed by atoms with Gasteiger partial charge in [-0.15, -0.1) is 0 Å². The van der Waals surface area contributed by atoms with Crippen LogP contribution in [0.4, 0.5) is 16.2 Å². The summed E-state index contributed by atoms with van der Waals surface area (Å²) in [4.78, 5) is 13.4.